The number of allylic oxidation sites excluding steroid dienone is 10. The lowest BCUT2D eigenvalue weighted by molar-refractivity contribution is 0.111. The summed E-state index contributed by atoms with van der Waals surface area (Å²) in [6.45, 7) is 11.9. The molecule has 0 amide bonds. The van der Waals surface area contributed by atoms with Gasteiger partial charge in [-0.2, -0.15) is 0 Å². The Morgan fingerprint density at radius 2 is 1.74 bits per heavy atom. The van der Waals surface area contributed by atoms with E-state index in [1.165, 1.54) is 4.57 Å². The molecule has 0 radical (unpaired) electrons. The number of aliphatic imine (C=N–C) groups is 1. The van der Waals surface area contributed by atoms with Crippen molar-refractivity contribution >= 4 is 11.8 Å². The fourth-order valence-corrected chi connectivity index (χ4v) is 6.15. The van der Waals surface area contributed by atoms with Crippen LogP contribution in [0.25, 0.3) is 5.57 Å². The molecule has 42 heavy (non-hydrogen) atoms. The lowest BCUT2D eigenvalue weighted by Crippen LogP contribution is -2.32. The van der Waals surface area contributed by atoms with Crippen molar-refractivity contribution in [2.45, 2.75) is 31.3 Å². The van der Waals surface area contributed by atoms with Gasteiger partial charge >= 0.3 is 0 Å². The molecule has 0 spiro atoms. The normalized spacial score (nSPS) is 20.8. The first kappa shape index (κ1) is 28.6. The van der Waals surface area contributed by atoms with Gasteiger partial charge in [0.05, 0.1) is 11.4 Å². The highest BCUT2D eigenvalue weighted by Crippen LogP contribution is 2.67. The van der Waals surface area contributed by atoms with Crippen molar-refractivity contribution in [1.82, 2.24) is 9.55 Å². The van der Waals surface area contributed by atoms with Gasteiger partial charge < -0.3 is 15.3 Å². The fourth-order valence-electron chi connectivity index (χ4n) is 6.15. The van der Waals surface area contributed by atoms with Crippen LogP contribution in [0, 0.1) is 0 Å². The van der Waals surface area contributed by atoms with Gasteiger partial charge in [0.15, 0.2) is 17.4 Å². The number of aromatic hydroxyl groups is 2. The molecule has 3 unspecified atom stereocenters. The molecule has 3 atom stereocenters. The largest absolute Gasteiger partial charge is 0.494 e. The molecule has 6 nitrogen and oxygen atoms in total. The third-order valence-electron chi connectivity index (χ3n) is 8.07. The van der Waals surface area contributed by atoms with Crippen LogP contribution in [0.15, 0.2) is 138 Å². The Morgan fingerprint density at radius 1 is 1.02 bits per heavy atom. The monoisotopic (exact) mass is 557 g/mol. The van der Waals surface area contributed by atoms with E-state index in [0.29, 0.717) is 22.3 Å². The van der Waals surface area contributed by atoms with E-state index in [1.54, 1.807) is 31.6 Å². The van der Waals surface area contributed by atoms with Crippen LogP contribution < -0.4 is 0 Å². The van der Waals surface area contributed by atoms with Gasteiger partial charge in [-0.05, 0) is 54.3 Å². The smallest absolute Gasteiger partial charge is 0.198 e. The fraction of sp³-hybridized carbons (Fsp3) is 0.167. The number of nitrogens with zero attached hydrogens (tertiary/aromatic N) is 3. The van der Waals surface area contributed by atoms with E-state index in [0.717, 1.165) is 22.4 Å². The van der Waals surface area contributed by atoms with Crippen molar-refractivity contribution < 1.29 is 15.3 Å². The second-order valence-corrected chi connectivity index (χ2v) is 10.3. The first-order chi connectivity index (χ1) is 20.3. The first-order valence-electron chi connectivity index (χ1n) is 13.9. The maximum atomic E-state index is 12.7. The van der Waals surface area contributed by atoms with Gasteiger partial charge in [0, 0.05) is 48.0 Å². The van der Waals surface area contributed by atoms with E-state index in [-0.39, 0.29) is 17.5 Å². The van der Waals surface area contributed by atoms with E-state index >= 15 is 0 Å². The second kappa shape index (κ2) is 11.5. The van der Waals surface area contributed by atoms with Gasteiger partial charge in [0.1, 0.15) is 0 Å². The SMILES string of the molecule is C=C/C=C\C(=CC)C(=C1C2C=C(C(O)(C(=C)N=CC=CC)c3ccccc3)C1c1c2c(O)n(C)c1O)c1ccccn1. The van der Waals surface area contributed by atoms with Crippen molar-refractivity contribution in [3.05, 3.63) is 155 Å². The third-order valence-corrected chi connectivity index (χ3v) is 8.07. The van der Waals surface area contributed by atoms with Crippen molar-refractivity contribution in [1.29, 1.82) is 0 Å². The molecule has 1 aromatic carbocycles. The van der Waals surface area contributed by atoms with Crippen molar-refractivity contribution in [2.75, 3.05) is 0 Å². The van der Waals surface area contributed by atoms with Crippen LogP contribution in [-0.2, 0) is 12.6 Å². The van der Waals surface area contributed by atoms with Gasteiger partial charge in [0.2, 0.25) is 0 Å². The quantitative estimate of drug-likeness (QED) is 0.148. The number of hydrogen-bond acceptors (Lipinski definition) is 5. The zero-order valence-electron chi connectivity index (χ0n) is 24.1. The molecular weight excluding hydrogens is 522 g/mol. The molecule has 0 saturated carbocycles. The summed E-state index contributed by atoms with van der Waals surface area (Å²) >= 11 is 0. The lowest BCUT2D eigenvalue weighted by Gasteiger charge is -2.34. The highest BCUT2D eigenvalue weighted by molar-refractivity contribution is 5.89. The molecular formula is C36H35N3O3. The lowest BCUT2D eigenvalue weighted by atomic mass is 9.75. The van der Waals surface area contributed by atoms with Crippen LogP contribution in [0.5, 0.6) is 11.8 Å². The number of aliphatic hydroxyl groups is 1. The van der Waals surface area contributed by atoms with Crippen molar-refractivity contribution in [2.24, 2.45) is 12.0 Å². The first-order valence-corrected chi connectivity index (χ1v) is 13.9. The molecule has 0 fully saturated rings. The minimum Gasteiger partial charge on any atom is -0.494 e. The summed E-state index contributed by atoms with van der Waals surface area (Å²) in [7, 11) is 1.62. The van der Waals surface area contributed by atoms with Gasteiger partial charge in [0.25, 0.3) is 0 Å². The Bertz CT molecular complexity index is 1720. The molecule has 2 aliphatic carbocycles. The Kier molecular flexibility index (Phi) is 7.83. The molecule has 2 bridgehead atoms. The minimum absolute atomic E-state index is 0.0139. The van der Waals surface area contributed by atoms with Crippen LogP contribution >= 0.6 is 0 Å². The Balaban J connectivity index is 1.85. The molecule has 3 N–H and O–H groups in total. The van der Waals surface area contributed by atoms with Gasteiger partial charge in [-0.1, -0.05) is 86.0 Å². The summed E-state index contributed by atoms with van der Waals surface area (Å²) in [6.07, 6.45) is 16.5. The van der Waals surface area contributed by atoms with Crippen LogP contribution in [0.2, 0.25) is 0 Å². The number of benzene rings is 1. The highest BCUT2D eigenvalue weighted by atomic mass is 16.3. The number of aromatic nitrogens is 2. The molecule has 2 aliphatic rings. The Hall–Kier alpha value is -4.94. The number of hydrogen-bond donors (Lipinski definition) is 3. The topological polar surface area (TPSA) is 90.9 Å². The van der Waals surface area contributed by atoms with Gasteiger partial charge in [-0.3, -0.25) is 14.5 Å². The van der Waals surface area contributed by atoms with Crippen LogP contribution in [0.3, 0.4) is 0 Å². The van der Waals surface area contributed by atoms with E-state index < -0.39 is 17.4 Å². The summed E-state index contributed by atoms with van der Waals surface area (Å²) in [5, 5.41) is 35.3. The average Bonchev–Trinajstić information content (AvgIpc) is 3.62. The van der Waals surface area contributed by atoms with Crippen LogP contribution in [-0.4, -0.2) is 31.1 Å². The summed E-state index contributed by atoms with van der Waals surface area (Å²) in [5.41, 5.74) is 4.32. The summed E-state index contributed by atoms with van der Waals surface area (Å²) < 4.78 is 1.38. The van der Waals surface area contributed by atoms with Crippen LogP contribution in [0.4, 0.5) is 0 Å². The van der Waals surface area contributed by atoms with E-state index in [4.69, 9.17) is 4.98 Å². The van der Waals surface area contributed by atoms with E-state index in [9.17, 15) is 15.3 Å². The molecule has 6 heteroatoms. The molecule has 2 heterocycles. The molecule has 2 aromatic heterocycles. The zero-order chi connectivity index (χ0) is 30.0. The van der Waals surface area contributed by atoms with E-state index in [1.807, 2.05) is 92.8 Å². The maximum absolute atomic E-state index is 12.7. The van der Waals surface area contributed by atoms with Crippen LogP contribution in [0.1, 0.15) is 48.1 Å². The molecule has 0 aliphatic heterocycles. The number of pyridine rings is 1. The summed E-state index contributed by atoms with van der Waals surface area (Å²) in [5.74, 6) is -1.11. The predicted molar refractivity (Wildman–Crippen MR) is 169 cm³/mol. The van der Waals surface area contributed by atoms with E-state index in [2.05, 4.69) is 18.2 Å². The number of fused-ring (bicyclic) bond motifs is 5. The summed E-state index contributed by atoms with van der Waals surface area (Å²) in [6, 6.07) is 15.0. The molecule has 3 aromatic rings. The van der Waals surface area contributed by atoms with Crippen molar-refractivity contribution in [3.63, 3.8) is 0 Å². The number of rotatable bonds is 9. The molecule has 212 valence electrons. The Morgan fingerprint density at radius 3 is 2.38 bits per heavy atom. The third kappa shape index (κ3) is 4.41. The average molecular weight is 558 g/mol. The Labute approximate surface area is 246 Å². The highest BCUT2D eigenvalue weighted by Gasteiger charge is 2.55. The zero-order valence-corrected chi connectivity index (χ0v) is 24.1. The molecule has 5 rings (SSSR count). The second-order valence-electron chi connectivity index (χ2n) is 10.3. The van der Waals surface area contributed by atoms with Gasteiger partial charge in [-0.25, -0.2) is 0 Å². The standard InChI is InChI=1S/C36H35N3O3/c1-6-9-16-24(8-3)29(28-19-14-15-21-38-28)30-26-22-27(32(30)33-31(26)34(40)39(5)35(33)41)36(42,23(4)37-20-10-7-2)25-17-12-11-13-18-25/h6-22,26,32,40-42H,1,4H2,2-3,5H3/b10-7?,16-9-,24-8?,30-29?,37-20?. The molecule has 0 saturated heterocycles. The minimum atomic E-state index is -1.71. The maximum Gasteiger partial charge on any atom is 0.198 e. The van der Waals surface area contributed by atoms with Gasteiger partial charge in [-0.15, -0.1) is 0 Å². The predicted octanol–water partition coefficient (Wildman–Crippen LogP) is 7.14. The van der Waals surface area contributed by atoms with Crippen molar-refractivity contribution in [3.8, 4) is 11.8 Å². The summed E-state index contributed by atoms with van der Waals surface area (Å²) in [4.78, 5) is 9.25.